The summed E-state index contributed by atoms with van der Waals surface area (Å²) in [5, 5.41) is 19.2. The number of phenols is 1. The molecule has 1 aromatic rings. The molecule has 0 atom stereocenters. The van der Waals surface area contributed by atoms with E-state index >= 15 is 0 Å². The highest BCUT2D eigenvalue weighted by Gasteiger charge is 2.10. The van der Waals surface area contributed by atoms with E-state index in [9.17, 15) is 9.18 Å². The normalized spacial score (nSPS) is 9.14. The van der Waals surface area contributed by atoms with Crippen molar-refractivity contribution in [3.63, 3.8) is 0 Å². The van der Waals surface area contributed by atoms with E-state index in [1.165, 1.54) is 6.07 Å². The molecular weight excluding hydrogens is 187 g/mol. The minimum absolute atomic E-state index is 0.181. The molecule has 0 unspecified atom stereocenters. The number of amides is 1. The Morgan fingerprint density at radius 1 is 1.64 bits per heavy atom. The molecule has 0 aliphatic rings. The molecule has 0 bridgehead atoms. The van der Waals surface area contributed by atoms with Crippen LogP contribution in [0.4, 0.5) is 4.39 Å². The second-order valence-corrected chi connectivity index (χ2v) is 2.50. The lowest BCUT2D eigenvalue weighted by molar-refractivity contribution is 0.0954. The summed E-state index contributed by atoms with van der Waals surface area (Å²) >= 11 is 0. The first kappa shape index (κ1) is 9.99. The summed E-state index contributed by atoms with van der Waals surface area (Å²) in [7, 11) is 0. The Bertz CT molecular complexity index is 398. The summed E-state index contributed by atoms with van der Waals surface area (Å²) in [4.78, 5) is 11.2. The van der Waals surface area contributed by atoms with E-state index in [-0.39, 0.29) is 17.9 Å². The van der Waals surface area contributed by atoms with Crippen molar-refractivity contribution >= 4 is 5.91 Å². The SMILES string of the molecule is N#CCNC(=O)c1ccc(O)cc1F. The monoisotopic (exact) mass is 194 g/mol. The van der Waals surface area contributed by atoms with Crippen molar-refractivity contribution in [2.24, 2.45) is 0 Å². The van der Waals surface area contributed by atoms with Crippen molar-refractivity contribution in [3.8, 4) is 11.8 Å². The van der Waals surface area contributed by atoms with Gasteiger partial charge in [-0.25, -0.2) is 4.39 Å². The van der Waals surface area contributed by atoms with Gasteiger partial charge in [-0.3, -0.25) is 4.79 Å². The van der Waals surface area contributed by atoms with Crippen LogP contribution in [0.15, 0.2) is 18.2 Å². The van der Waals surface area contributed by atoms with Crippen LogP contribution < -0.4 is 5.32 Å². The number of halogens is 1. The number of aromatic hydroxyl groups is 1. The number of benzene rings is 1. The molecule has 0 saturated carbocycles. The fourth-order valence-electron chi connectivity index (χ4n) is 0.903. The Hall–Kier alpha value is -2.09. The van der Waals surface area contributed by atoms with Gasteiger partial charge < -0.3 is 10.4 Å². The number of nitriles is 1. The molecule has 2 N–H and O–H groups in total. The molecule has 0 fully saturated rings. The molecule has 0 heterocycles. The number of rotatable bonds is 2. The molecule has 0 aromatic heterocycles. The van der Waals surface area contributed by atoms with Crippen LogP contribution in [0.2, 0.25) is 0 Å². The Labute approximate surface area is 79.6 Å². The highest BCUT2D eigenvalue weighted by molar-refractivity contribution is 5.94. The number of hydrogen-bond acceptors (Lipinski definition) is 3. The summed E-state index contributed by atoms with van der Waals surface area (Å²) in [6.07, 6.45) is 0. The molecule has 4 nitrogen and oxygen atoms in total. The van der Waals surface area contributed by atoms with Gasteiger partial charge in [0.1, 0.15) is 18.1 Å². The van der Waals surface area contributed by atoms with Crippen molar-refractivity contribution in [1.29, 1.82) is 5.26 Å². The maximum atomic E-state index is 13.0. The van der Waals surface area contributed by atoms with Crippen molar-refractivity contribution in [2.45, 2.75) is 0 Å². The van der Waals surface area contributed by atoms with Crippen LogP contribution in [0, 0.1) is 17.1 Å². The lowest BCUT2D eigenvalue weighted by Crippen LogP contribution is -2.24. The zero-order chi connectivity index (χ0) is 10.6. The van der Waals surface area contributed by atoms with Gasteiger partial charge in [-0.2, -0.15) is 5.26 Å². The summed E-state index contributed by atoms with van der Waals surface area (Å²) in [6, 6.07) is 4.88. The summed E-state index contributed by atoms with van der Waals surface area (Å²) in [5.41, 5.74) is -0.196. The number of carbonyl (C=O) groups excluding carboxylic acids is 1. The van der Waals surface area contributed by atoms with Crippen LogP contribution in [-0.2, 0) is 0 Å². The van der Waals surface area contributed by atoms with Crippen molar-refractivity contribution in [2.75, 3.05) is 6.54 Å². The highest BCUT2D eigenvalue weighted by Crippen LogP contribution is 2.14. The molecule has 72 valence electrons. The molecule has 1 amide bonds. The van der Waals surface area contributed by atoms with Crippen molar-refractivity contribution in [1.82, 2.24) is 5.32 Å². The van der Waals surface area contributed by atoms with Crippen molar-refractivity contribution in [3.05, 3.63) is 29.6 Å². The number of phenolic OH excluding ortho intramolecular Hbond substituents is 1. The highest BCUT2D eigenvalue weighted by atomic mass is 19.1. The molecule has 14 heavy (non-hydrogen) atoms. The maximum absolute atomic E-state index is 13.0. The van der Waals surface area contributed by atoms with Gasteiger partial charge in [0, 0.05) is 6.07 Å². The molecular formula is C9H7FN2O2. The predicted octanol–water partition coefficient (Wildman–Crippen LogP) is 0.785. The van der Waals surface area contributed by atoms with E-state index in [2.05, 4.69) is 5.32 Å². The molecule has 0 aliphatic heterocycles. The molecule has 0 spiro atoms. The second kappa shape index (κ2) is 4.23. The number of nitrogens with zero attached hydrogens (tertiary/aromatic N) is 1. The standard InChI is InChI=1S/C9H7FN2O2/c10-8-5-6(13)1-2-7(8)9(14)12-4-3-11/h1-2,5,13H,4H2,(H,12,14). The predicted molar refractivity (Wildman–Crippen MR) is 46.0 cm³/mol. The van der Waals surface area contributed by atoms with Gasteiger partial charge in [-0.15, -0.1) is 0 Å². The van der Waals surface area contributed by atoms with E-state index in [1.807, 2.05) is 0 Å². The van der Waals surface area contributed by atoms with Crippen LogP contribution in [0.25, 0.3) is 0 Å². The maximum Gasteiger partial charge on any atom is 0.255 e. The topological polar surface area (TPSA) is 73.1 Å². The molecule has 1 aromatic carbocycles. The first-order valence-electron chi connectivity index (χ1n) is 3.79. The summed E-state index contributed by atoms with van der Waals surface area (Å²) < 4.78 is 13.0. The molecule has 0 radical (unpaired) electrons. The first-order chi connectivity index (χ1) is 6.65. The second-order valence-electron chi connectivity index (χ2n) is 2.50. The van der Waals surface area contributed by atoms with Gasteiger partial charge >= 0.3 is 0 Å². The van der Waals surface area contributed by atoms with Gasteiger partial charge in [-0.05, 0) is 12.1 Å². The average molecular weight is 194 g/mol. The van der Waals surface area contributed by atoms with E-state index < -0.39 is 11.7 Å². The fourth-order valence-corrected chi connectivity index (χ4v) is 0.903. The van der Waals surface area contributed by atoms with Crippen LogP contribution >= 0.6 is 0 Å². The zero-order valence-electron chi connectivity index (χ0n) is 7.12. The average Bonchev–Trinajstić information content (AvgIpc) is 2.14. The van der Waals surface area contributed by atoms with E-state index in [0.29, 0.717) is 0 Å². The largest absolute Gasteiger partial charge is 0.508 e. The van der Waals surface area contributed by atoms with Crippen LogP contribution in [0.3, 0.4) is 0 Å². The van der Waals surface area contributed by atoms with E-state index in [4.69, 9.17) is 10.4 Å². The first-order valence-corrected chi connectivity index (χ1v) is 3.79. The van der Waals surface area contributed by atoms with Crippen LogP contribution in [0.1, 0.15) is 10.4 Å². The Kier molecular flexibility index (Phi) is 3.02. The third-order valence-corrected chi connectivity index (χ3v) is 1.53. The van der Waals surface area contributed by atoms with Gasteiger partial charge in [-0.1, -0.05) is 0 Å². The Balaban J connectivity index is 2.86. The summed E-state index contributed by atoms with van der Waals surface area (Å²) in [6.45, 7) is -0.181. The molecule has 1 rings (SSSR count). The molecule has 0 saturated heterocycles. The van der Waals surface area contributed by atoms with Gasteiger partial charge in [0.2, 0.25) is 0 Å². The zero-order valence-corrected chi connectivity index (χ0v) is 7.12. The van der Waals surface area contributed by atoms with E-state index in [1.54, 1.807) is 6.07 Å². The third-order valence-electron chi connectivity index (χ3n) is 1.53. The van der Waals surface area contributed by atoms with Crippen molar-refractivity contribution < 1.29 is 14.3 Å². The minimum atomic E-state index is -0.819. The smallest absolute Gasteiger partial charge is 0.255 e. The van der Waals surface area contributed by atoms with Crippen LogP contribution in [0.5, 0.6) is 5.75 Å². The van der Waals surface area contributed by atoms with Gasteiger partial charge in [0.05, 0.1) is 11.6 Å². The fraction of sp³-hybridized carbons (Fsp3) is 0.111. The quantitative estimate of drug-likeness (QED) is 0.683. The number of hydrogen-bond donors (Lipinski definition) is 2. The number of nitrogens with one attached hydrogen (secondary N) is 1. The molecule has 5 heteroatoms. The third kappa shape index (κ3) is 2.20. The lowest BCUT2D eigenvalue weighted by Gasteiger charge is -2.02. The lowest BCUT2D eigenvalue weighted by atomic mass is 10.2. The van der Waals surface area contributed by atoms with E-state index in [0.717, 1.165) is 12.1 Å². The Morgan fingerprint density at radius 3 is 2.93 bits per heavy atom. The van der Waals surface area contributed by atoms with Crippen LogP contribution in [-0.4, -0.2) is 17.6 Å². The minimum Gasteiger partial charge on any atom is -0.508 e. The number of carbonyl (C=O) groups is 1. The van der Waals surface area contributed by atoms with Gasteiger partial charge in [0.25, 0.3) is 5.91 Å². The molecule has 0 aliphatic carbocycles. The summed E-state index contributed by atoms with van der Waals surface area (Å²) in [5.74, 6) is -1.75. The Morgan fingerprint density at radius 2 is 2.36 bits per heavy atom. The van der Waals surface area contributed by atoms with Gasteiger partial charge in [0.15, 0.2) is 0 Å².